The van der Waals surface area contributed by atoms with E-state index in [4.69, 9.17) is 14.4 Å². The van der Waals surface area contributed by atoms with Gasteiger partial charge in [-0.25, -0.2) is 9.97 Å². The molecule has 53 heavy (non-hydrogen) atoms. The predicted molar refractivity (Wildman–Crippen MR) is 219 cm³/mol. The molecular formula is C48H30N4O. The third-order valence-corrected chi connectivity index (χ3v) is 10.4. The summed E-state index contributed by atoms with van der Waals surface area (Å²) in [5.74, 6) is 0.623. The van der Waals surface area contributed by atoms with E-state index in [0.29, 0.717) is 5.95 Å². The first kappa shape index (κ1) is 29.5. The van der Waals surface area contributed by atoms with Crippen molar-refractivity contribution in [3.05, 3.63) is 182 Å². The number of anilines is 3. The standard InChI is InChI=1S/C48H30N4O/c1-4-16-31(17-5-1)45-37-24-12-14-26-40(37)49-48(50-45)52-41-27-15-13-25-38(41)44-42(52)29-28-36-39-30-43(34-22-10-11-23-35(34)46(39)53-47(36)44)51(32-18-6-2-7-19-32)33-20-8-3-9-21-33/h1-30H. The van der Waals surface area contributed by atoms with Gasteiger partial charge in [-0.05, 0) is 54.6 Å². The van der Waals surface area contributed by atoms with Crippen LogP contribution in [-0.4, -0.2) is 14.5 Å². The van der Waals surface area contributed by atoms with Crippen molar-refractivity contribution in [2.45, 2.75) is 0 Å². The Morgan fingerprint density at radius 2 is 1.02 bits per heavy atom. The van der Waals surface area contributed by atoms with Crippen LogP contribution in [0.1, 0.15) is 0 Å². The SMILES string of the molecule is c1ccc(-c2nc(-n3c4ccccc4c4c5oc6c7ccccc7c(N(c7ccccc7)c7ccccc7)cc6c5ccc43)nc3ccccc23)cc1. The van der Waals surface area contributed by atoms with Gasteiger partial charge >= 0.3 is 0 Å². The van der Waals surface area contributed by atoms with Crippen LogP contribution in [0.4, 0.5) is 17.1 Å². The summed E-state index contributed by atoms with van der Waals surface area (Å²) in [6.07, 6.45) is 0. The maximum absolute atomic E-state index is 7.07. The molecule has 0 N–H and O–H groups in total. The number of benzene rings is 8. The van der Waals surface area contributed by atoms with Crippen LogP contribution in [0.25, 0.3) is 82.6 Å². The fourth-order valence-corrected chi connectivity index (χ4v) is 8.05. The lowest BCUT2D eigenvalue weighted by Crippen LogP contribution is -2.10. The molecule has 0 atom stereocenters. The number of fused-ring (bicyclic) bond motifs is 10. The van der Waals surface area contributed by atoms with Crippen molar-refractivity contribution in [2.24, 2.45) is 0 Å². The molecule has 11 rings (SSSR count). The minimum absolute atomic E-state index is 0.623. The van der Waals surface area contributed by atoms with Crippen LogP contribution in [0.15, 0.2) is 186 Å². The summed E-state index contributed by atoms with van der Waals surface area (Å²) in [5, 5.41) is 7.46. The Morgan fingerprint density at radius 1 is 0.434 bits per heavy atom. The molecule has 3 aromatic heterocycles. The quantitative estimate of drug-likeness (QED) is 0.182. The second-order valence-electron chi connectivity index (χ2n) is 13.4. The van der Waals surface area contributed by atoms with Crippen molar-refractivity contribution in [3.8, 4) is 17.2 Å². The molecule has 0 unspecified atom stereocenters. The topological polar surface area (TPSA) is 47.1 Å². The van der Waals surface area contributed by atoms with Gasteiger partial charge in [-0.15, -0.1) is 0 Å². The van der Waals surface area contributed by atoms with Crippen LogP contribution in [-0.2, 0) is 0 Å². The third kappa shape index (κ3) is 4.51. The Hall–Kier alpha value is -7.24. The fourth-order valence-electron chi connectivity index (χ4n) is 8.05. The van der Waals surface area contributed by atoms with Gasteiger partial charge in [-0.1, -0.05) is 127 Å². The number of aromatic nitrogens is 3. The van der Waals surface area contributed by atoms with Gasteiger partial charge in [0.1, 0.15) is 11.2 Å². The number of para-hydroxylation sites is 4. The second-order valence-corrected chi connectivity index (χ2v) is 13.4. The molecule has 0 aliphatic rings. The Morgan fingerprint density at radius 3 is 1.75 bits per heavy atom. The van der Waals surface area contributed by atoms with Crippen molar-refractivity contribution in [2.75, 3.05) is 4.90 Å². The fraction of sp³-hybridized carbons (Fsp3) is 0. The minimum Gasteiger partial charge on any atom is -0.455 e. The van der Waals surface area contributed by atoms with Crippen LogP contribution < -0.4 is 4.90 Å². The Bertz CT molecular complexity index is 3130. The molecule has 0 spiro atoms. The lowest BCUT2D eigenvalue weighted by molar-refractivity contribution is 0.676. The zero-order chi connectivity index (χ0) is 34.9. The normalized spacial score (nSPS) is 11.8. The lowest BCUT2D eigenvalue weighted by atomic mass is 10.0. The molecule has 3 heterocycles. The molecule has 5 heteroatoms. The average molecular weight is 679 g/mol. The highest BCUT2D eigenvalue weighted by Gasteiger charge is 2.24. The molecule has 0 bridgehead atoms. The zero-order valence-corrected chi connectivity index (χ0v) is 28.5. The van der Waals surface area contributed by atoms with Crippen LogP contribution in [0.5, 0.6) is 0 Å². The molecule has 0 radical (unpaired) electrons. The van der Waals surface area contributed by atoms with Crippen molar-refractivity contribution < 1.29 is 4.42 Å². The predicted octanol–water partition coefficient (Wildman–Crippen LogP) is 12.9. The molecule has 8 aromatic carbocycles. The third-order valence-electron chi connectivity index (χ3n) is 10.4. The van der Waals surface area contributed by atoms with Gasteiger partial charge in [-0.2, -0.15) is 0 Å². The summed E-state index contributed by atoms with van der Waals surface area (Å²) in [7, 11) is 0. The summed E-state index contributed by atoms with van der Waals surface area (Å²) < 4.78 is 9.26. The van der Waals surface area contributed by atoms with E-state index in [9.17, 15) is 0 Å². The molecule has 0 aliphatic heterocycles. The largest absolute Gasteiger partial charge is 0.455 e. The molecule has 0 saturated heterocycles. The highest BCUT2D eigenvalue weighted by molar-refractivity contribution is 6.27. The van der Waals surface area contributed by atoms with E-state index < -0.39 is 0 Å². The van der Waals surface area contributed by atoms with Crippen LogP contribution in [0, 0.1) is 0 Å². The van der Waals surface area contributed by atoms with Gasteiger partial charge < -0.3 is 9.32 Å². The molecule has 0 saturated carbocycles. The molecule has 0 aliphatic carbocycles. The van der Waals surface area contributed by atoms with E-state index in [1.54, 1.807) is 0 Å². The number of furan rings is 1. The zero-order valence-electron chi connectivity index (χ0n) is 28.5. The first-order chi connectivity index (χ1) is 26.3. The smallest absolute Gasteiger partial charge is 0.235 e. The van der Waals surface area contributed by atoms with Gasteiger partial charge in [0.05, 0.1) is 33.3 Å². The summed E-state index contributed by atoms with van der Waals surface area (Å²) in [4.78, 5) is 12.8. The first-order valence-electron chi connectivity index (χ1n) is 17.8. The number of rotatable bonds is 5. The van der Waals surface area contributed by atoms with Gasteiger partial charge in [0.25, 0.3) is 0 Å². The van der Waals surface area contributed by atoms with E-state index in [-0.39, 0.29) is 0 Å². The van der Waals surface area contributed by atoms with Crippen LogP contribution in [0.2, 0.25) is 0 Å². The Labute approximate surface area is 304 Å². The van der Waals surface area contributed by atoms with Crippen molar-refractivity contribution in [1.29, 1.82) is 0 Å². The summed E-state index contributed by atoms with van der Waals surface area (Å²) in [6, 6.07) is 63.5. The van der Waals surface area contributed by atoms with Gasteiger partial charge in [0.2, 0.25) is 5.95 Å². The van der Waals surface area contributed by atoms with E-state index in [0.717, 1.165) is 93.7 Å². The van der Waals surface area contributed by atoms with Gasteiger partial charge in [-0.3, -0.25) is 4.57 Å². The summed E-state index contributed by atoms with van der Waals surface area (Å²) >= 11 is 0. The van der Waals surface area contributed by atoms with Gasteiger partial charge in [0.15, 0.2) is 0 Å². The summed E-state index contributed by atoms with van der Waals surface area (Å²) in [5.41, 5.74) is 9.86. The number of nitrogens with zero attached hydrogens (tertiary/aromatic N) is 4. The van der Waals surface area contributed by atoms with E-state index >= 15 is 0 Å². The molecule has 5 nitrogen and oxygen atoms in total. The maximum atomic E-state index is 7.07. The Kier molecular flexibility index (Phi) is 6.48. The summed E-state index contributed by atoms with van der Waals surface area (Å²) in [6.45, 7) is 0. The van der Waals surface area contributed by atoms with E-state index in [1.165, 1.54) is 0 Å². The van der Waals surface area contributed by atoms with Crippen molar-refractivity contribution in [1.82, 2.24) is 14.5 Å². The number of hydrogen-bond donors (Lipinski definition) is 0. The lowest BCUT2D eigenvalue weighted by Gasteiger charge is -2.27. The van der Waals surface area contributed by atoms with Crippen LogP contribution >= 0.6 is 0 Å². The van der Waals surface area contributed by atoms with Gasteiger partial charge in [0, 0.05) is 49.3 Å². The molecule has 248 valence electrons. The molecule has 0 fully saturated rings. The highest BCUT2D eigenvalue weighted by Crippen LogP contribution is 2.47. The molecular weight excluding hydrogens is 649 g/mol. The second kappa shape index (κ2) is 11.7. The average Bonchev–Trinajstić information content (AvgIpc) is 3.78. The van der Waals surface area contributed by atoms with Crippen LogP contribution in [0.3, 0.4) is 0 Å². The van der Waals surface area contributed by atoms with Crippen molar-refractivity contribution in [3.63, 3.8) is 0 Å². The highest BCUT2D eigenvalue weighted by atomic mass is 16.3. The molecule has 11 aromatic rings. The first-order valence-corrected chi connectivity index (χ1v) is 17.8. The number of hydrogen-bond acceptors (Lipinski definition) is 4. The monoisotopic (exact) mass is 678 g/mol. The van der Waals surface area contributed by atoms with E-state index in [1.807, 2.05) is 18.2 Å². The Balaban J connectivity index is 1.22. The molecule has 0 amide bonds. The van der Waals surface area contributed by atoms with Crippen molar-refractivity contribution >= 4 is 82.5 Å². The van der Waals surface area contributed by atoms with E-state index in [2.05, 4.69) is 173 Å². The minimum atomic E-state index is 0.623. The maximum Gasteiger partial charge on any atom is 0.235 e.